The van der Waals surface area contributed by atoms with Crippen LogP contribution in [0.1, 0.15) is 49.9 Å². The molecule has 0 aliphatic heterocycles. The van der Waals surface area contributed by atoms with Gasteiger partial charge < -0.3 is 4.57 Å². The summed E-state index contributed by atoms with van der Waals surface area (Å²) in [7, 11) is 2.02. The van der Waals surface area contributed by atoms with Crippen LogP contribution in [0.5, 0.6) is 0 Å². The second-order valence-corrected chi connectivity index (χ2v) is 7.87. The van der Waals surface area contributed by atoms with Crippen LogP contribution in [-0.2, 0) is 19.2 Å². The molecule has 0 spiro atoms. The Morgan fingerprint density at radius 3 is 2.79 bits per heavy atom. The van der Waals surface area contributed by atoms with Crippen LogP contribution in [0, 0.1) is 11.7 Å². The number of halogens is 2. The molecule has 6 heteroatoms. The smallest absolute Gasteiger partial charge is 0.191 e. The van der Waals surface area contributed by atoms with E-state index in [0.717, 1.165) is 28.9 Å². The largest absolute Gasteiger partial charge is 0.309 e. The van der Waals surface area contributed by atoms with Gasteiger partial charge in [-0.25, -0.2) is 4.39 Å². The van der Waals surface area contributed by atoms with E-state index in [9.17, 15) is 4.39 Å². The lowest BCUT2D eigenvalue weighted by atomic mass is 9.86. The standard InChI is InChI=1S/C18H23ClFN3S/c1-23-17(10-7-13-5-3-2-4-6-13)21-22-18(23)24-12-14-8-9-15(20)11-16(14)19/h8-9,11,13H,2-7,10,12H2,1H3. The Bertz CT molecular complexity index is 683. The summed E-state index contributed by atoms with van der Waals surface area (Å²) in [5.41, 5.74) is 0.912. The van der Waals surface area contributed by atoms with Gasteiger partial charge in [0.15, 0.2) is 5.16 Å². The Hall–Kier alpha value is -1.07. The van der Waals surface area contributed by atoms with Gasteiger partial charge in [-0.05, 0) is 30.0 Å². The van der Waals surface area contributed by atoms with Gasteiger partial charge in [-0.2, -0.15) is 0 Å². The summed E-state index contributed by atoms with van der Waals surface area (Å²) in [6.45, 7) is 0. The van der Waals surface area contributed by atoms with Gasteiger partial charge in [0.05, 0.1) is 0 Å². The van der Waals surface area contributed by atoms with Gasteiger partial charge in [0.1, 0.15) is 11.6 Å². The van der Waals surface area contributed by atoms with Crippen molar-refractivity contribution in [1.82, 2.24) is 14.8 Å². The van der Waals surface area contributed by atoms with Crippen LogP contribution in [0.2, 0.25) is 5.02 Å². The summed E-state index contributed by atoms with van der Waals surface area (Å²) < 4.78 is 15.2. The Morgan fingerprint density at radius 2 is 2.04 bits per heavy atom. The van der Waals surface area contributed by atoms with Crippen molar-refractivity contribution in [3.05, 3.63) is 40.4 Å². The fourth-order valence-electron chi connectivity index (χ4n) is 3.28. The number of hydrogen-bond acceptors (Lipinski definition) is 3. The Kier molecular flexibility index (Phi) is 6.17. The quantitative estimate of drug-likeness (QED) is 0.639. The normalized spacial score (nSPS) is 15.8. The third-order valence-electron chi connectivity index (χ3n) is 4.80. The average molecular weight is 368 g/mol. The zero-order chi connectivity index (χ0) is 16.9. The minimum atomic E-state index is -0.308. The van der Waals surface area contributed by atoms with E-state index in [4.69, 9.17) is 11.6 Å². The summed E-state index contributed by atoms with van der Waals surface area (Å²) in [4.78, 5) is 0. The Balaban J connectivity index is 1.56. The predicted molar refractivity (Wildman–Crippen MR) is 96.9 cm³/mol. The van der Waals surface area contributed by atoms with E-state index in [2.05, 4.69) is 14.8 Å². The van der Waals surface area contributed by atoms with E-state index >= 15 is 0 Å². The number of benzene rings is 1. The molecule has 3 nitrogen and oxygen atoms in total. The fraction of sp³-hybridized carbons (Fsp3) is 0.556. The van der Waals surface area contributed by atoms with Crippen molar-refractivity contribution in [2.24, 2.45) is 13.0 Å². The molecule has 1 aliphatic carbocycles. The molecular formula is C18H23ClFN3S. The Morgan fingerprint density at radius 1 is 1.25 bits per heavy atom. The van der Waals surface area contributed by atoms with E-state index in [0.29, 0.717) is 10.8 Å². The fourth-order valence-corrected chi connectivity index (χ4v) is 4.53. The molecule has 1 heterocycles. The molecule has 0 bridgehead atoms. The van der Waals surface area contributed by atoms with Gasteiger partial charge in [0, 0.05) is 24.2 Å². The van der Waals surface area contributed by atoms with Crippen molar-refractivity contribution in [2.45, 2.75) is 55.9 Å². The Labute approximate surface area is 152 Å². The highest BCUT2D eigenvalue weighted by molar-refractivity contribution is 7.98. The number of aryl methyl sites for hydroxylation is 1. The molecule has 130 valence electrons. The maximum absolute atomic E-state index is 13.1. The molecular weight excluding hydrogens is 345 g/mol. The summed E-state index contributed by atoms with van der Waals surface area (Å²) in [6, 6.07) is 4.52. The molecule has 1 fully saturated rings. The van der Waals surface area contributed by atoms with Crippen molar-refractivity contribution < 1.29 is 4.39 Å². The van der Waals surface area contributed by atoms with Gasteiger partial charge in [-0.3, -0.25) is 0 Å². The molecule has 2 aromatic rings. The highest BCUT2D eigenvalue weighted by Gasteiger charge is 2.16. The van der Waals surface area contributed by atoms with Gasteiger partial charge in [-0.15, -0.1) is 10.2 Å². The molecule has 1 aromatic heterocycles. The van der Waals surface area contributed by atoms with E-state index in [1.807, 2.05) is 7.05 Å². The topological polar surface area (TPSA) is 30.7 Å². The first kappa shape index (κ1) is 17.7. The molecule has 1 aromatic carbocycles. The molecule has 3 rings (SSSR count). The minimum Gasteiger partial charge on any atom is -0.309 e. The van der Waals surface area contributed by atoms with Crippen molar-refractivity contribution in [3.8, 4) is 0 Å². The van der Waals surface area contributed by atoms with Crippen molar-refractivity contribution in [2.75, 3.05) is 0 Å². The molecule has 0 radical (unpaired) electrons. The van der Waals surface area contributed by atoms with Crippen LogP contribution < -0.4 is 0 Å². The summed E-state index contributed by atoms with van der Waals surface area (Å²) in [6.07, 6.45) is 9.08. The third kappa shape index (κ3) is 4.51. The number of thioether (sulfide) groups is 1. The molecule has 24 heavy (non-hydrogen) atoms. The minimum absolute atomic E-state index is 0.308. The number of aromatic nitrogens is 3. The summed E-state index contributed by atoms with van der Waals surface area (Å²) in [5.74, 6) is 2.25. The van der Waals surface area contributed by atoms with Gasteiger partial charge in [-0.1, -0.05) is 61.5 Å². The van der Waals surface area contributed by atoms with Gasteiger partial charge in [0.25, 0.3) is 0 Å². The predicted octanol–water partition coefficient (Wildman–Crippen LogP) is 5.41. The molecule has 1 saturated carbocycles. The zero-order valence-electron chi connectivity index (χ0n) is 14.0. The SMILES string of the molecule is Cn1c(CCC2CCCCC2)nnc1SCc1ccc(F)cc1Cl. The monoisotopic (exact) mass is 367 g/mol. The van der Waals surface area contributed by atoms with Crippen LogP contribution in [0.3, 0.4) is 0 Å². The first-order valence-corrected chi connectivity index (χ1v) is 9.95. The first-order chi connectivity index (χ1) is 11.6. The highest BCUT2D eigenvalue weighted by atomic mass is 35.5. The number of nitrogens with zero attached hydrogens (tertiary/aromatic N) is 3. The van der Waals surface area contributed by atoms with Crippen molar-refractivity contribution in [1.29, 1.82) is 0 Å². The van der Waals surface area contributed by atoms with Crippen LogP contribution in [-0.4, -0.2) is 14.8 Å². The third-order valence-corrected chi connectivity index (χ3v) is 6.22. The lowest BCUT2D eigenvalue weighted by Crippen LogP contribution is -2.09. The van der Waals surface area contributed by atoms with Crippen LogP contribution in [0.4, 0.5) is 4.39 Å². The summed E-state index contributed by atoms with van der Waals surface area (Å²) >= 11 is 7.67. The van der Waals surface area contributed by atoms with Crippen LogP contribution in [0.25, 0.3) is 0 Å². The van der Waals surface area contributed by atoms with Crippen LogP contribution >= 0.6 is 23.4 Å². The molecule has 0 unspecified atom stereocenters. The van der Waals surface area contributed by atoms with E-state index in [1.54, 1.807) is 17.8 Å². The van der Waals surface area contributed by atoms with Gasteiger partial charge in [0.2, 0.25) is 0 Å². The van der Waals surface area contributed by atoms with Crippen molar-refractivity contribution >= 4 is 23.4 Å². The molecule has 1 aliphatic rings. The zero-order valence-corrected chi connectivity index (χ0v) is 15.5. The molecule has 0 atom stereocenters. The van der Waals surface area contributed by atoms with E-state index in [-0.39, 0.29) is 5.82 Å². The highest BCUT2D eigenvalue weighted by Crippen LogP contribution is 2.29. The maximum Gasteiger partial charge on any atom is 0.191 e. The van der Waals surface area contributed by atoms with E-state index in [1.165, 1.54) is 50.7 Å². The number of rotatable bonds is 6. The van der Waals surface area contributed by atoms with Crippen LogP contribution in [0.15, 0.2) is 23.4 Å². The number of hydrogen-bond donors (Lipinski definition) is 0. The second kappa shape index (κ2) is 8.34. The summed E-state index contributed by atoms with van der Waals surface area (Å²) in [5, 5.41) is 9.99. The first-order valence-electron chi connectivity index (χ1n) is 8.58. The lowest BCUT2D eigenvalue weighted by Gasteiger charge is -2.20. The molecule has 0 amide bonds. The van der Waals surface area contributed by atoms with Gasteiger partial charge >= 0.3 is 0 Å². The van der Waals surface area contributed by atoms with Crippen molar-refractivity contribution in [3.63, 3.8) is 0 Å². The van der Waals surface area contributed by atoms with E-state index < -0.39 is 0 Å². The second-order valence-electron chi connectivity index (χ2n) is 6.52. The average Bonchev–Trinajstić information content (AvgIpc) is 2.93. The molecule has 0 saturated heterocycles. The molecule has 0 N–H and O–H groups in total. The maximum atomic E-state index is 13.1. The lowest BCUT2D eigenvalue weighted by molar-refractivity contribution is 0.336.